The van der Waals surface area contributed by atoms with Crippen LogP contribution >= 0.6 is 11.6 Å². The number of carbonyl (C=O) groups excluding carboxylic acids is 1. The van der Waals surface area contributed by atoms with Gasteiger partial charge in [0.15, 0.2) is 0 Å². The molecule has 2 rings (SSSR count). The van der Waals surface area contributed by atoms with Crippen LogP contribution in [-0.4, -0.2) is 16.7 Å². The molecule has 1 aromatic carbocycles. The number of hydrogen-bond donors (Lipinski definition) is 2. The lowest BCUT2D eigenvalue weighted by atomic mass is 10.2. The predicted octanol–water partition coefficient (Wildman–Crippen LogP) is 4.83. The number of carbonyl (C=O) groups is 1. The van der Waals surface area contributed by atoms with Crippen molar-refractivity contribution in [2.45, 2.75) is 26.4 Å². The van der Waals surface area contributed by atoms with E-state index in [1.54, 1.807) is 45.2 Å². The number of ether oxygens (including phenoxy) is 1. The fraction of sp³-hybridized carbons (Fsp3) is 0.250. The summed E-state index contributed by atoms with van der Waals surface area (Å²) >= 11 is 5.93. The van der Waals surface area contributed by atoms with Crippen molar-refractivity contribution in [1.29, 1.82) is 0 Å². The maximum atomic E-state index is 11.6. The second kappa shape index (κ2) is 6.66. The van der Waals surface area contributed by atoms with Crippen LogP contribution in [0.1, 0.15) is 20.8 Å². The van der Waals surface area contributed by atoms with Gasteiger partial charge in [0, 0.05) is 10.7 Å². The Morgan fingerprint density at radius 3 is 2.55 bits per heavy atom. The molecule has 2 aromatic rings. The van der Waals surface area contributed by atoms with Crippen molar-refractivity contribution in [2.24, 2.45) is 0 Å². The van der Waals surface area contributed by atoms with Gasteiger partial charge < -0.3 is 10.1 Å². The van der Waals surface area contributed by atoms with Gasteiger partial charge in [-0.1, -0.05) is 17.7 Å². The summed E-state index contributed by atoms with van der Waals surface area (Å²) in [5.41, 5.74) is 1.11. The zero-order chi connectivity index (χ0) is 16.2. The lowest BCUT2D eigenvalue weighted by molar-refractivity contribution is 0.0635. The number of nitrogens with zero attached hydrogens (tertiary/aromatic N) is 1. The summed E-state index contributed by atoms with van der Waals surface area (Å²) in [6.45, 7) is 5.41. The van der Waals surface area contributed by atoms with Crippen LogP contribution in [0.5, 0.6) is 0 Å². The Labute approximate surface area is 134 Å². The first-order valence-corrected chi connectivity index (χ1v) is 7.18. The van der Waals surface area contributed by atoms with Gasteiger partial charge in [-0.05, 0) is 51.1 Å². The first-order valence-electron chi connectivity index (χ1n) is 6.80. The Morgan fingerprint density at radius 1 is 1.18 bits per heavy atom. The van der Waals surface area contributed by atoms with Gasteiger partial charge in [0.25, 0.3) is 0 Å². The summed E-state index contributed by atoms with van der Waals surface area (Å²) in [4.78, 5) is 15.8. The minimum atomic E-state index is -0.543. The van der Waals surface area contributed by atoms with Gasteiger partial charge in [-0.2, -0.15) is 0 Å². The standard InChI is InChI=1S/C16H18ClN3O2/c1-16(2,3)22-15(21)20-14-8-7-13(10-18-14)19-12-6-4-5-11(17)9-12/h4-10,19H,1-3H3,(H,18,20,21). The number of rotatable bonds is 3. The number of benzene rings is 1. The van der Waals surface area contributed by atoms with Gasteiger partial charge in [0.05, 0.1) is 11.9 Å². The van der Waals surface area contributed by atoms with Crippen molar-refractivity contribution in [3.05, 3.63) is 47.6 Å². The van der Waals surface area contributed by atoms with Crippen molar-refractivity contribution in [1.82, 2.24) is 4.98 Å². The predicted molar refractivity (Wildman–Crippen MR) is 88.8 cm³/mol. The van der Waals surface area contributed by atoms with Crippen molar-refractivity contribution < 1.29 is 9.53 Å². The van der Waals surface area contributed by atoms with Gasteiger partial charge in [-0.15, -0.1) is 0 Å². The molecule has 116 valence electrons. The summed E-state index contributed by atoms with van der Waals surface area (Å²) in [5.74, 6) is 0.422. The van der Waals surface area contributed by atoms with E-state index in [1.165, 1.54) is 0 Å². The van der Waals surface area contributed by atoms with E-state index in [-0.39, 0.29) is 0 Å². The molecule has 1 heterocycles. The largest absolute Gasteiger partial charge is 0.444 e. The molecule has 5 nitrogen and oxygen atoms in total. The fourth-order valence-corrected chi connectivity index (χ4v) is 1.87. The Hall–Kier alpha value is -2.27. The second-order valence-electron chi connectivity index (χ2n) is 5.69. The van der Waals surface area contributed by atoms with E-state index in [0.29, 0.717) is 10.8 Å². The molecule has 22 heavy (non-hydrogen) atoms. The molecule has 1 amide bonds. The smallest absolute Gasteiger partial charge is 0.413 e. The van der Waals surface area contributed by atoms with E-state index in [2.05, 4.69) is 15.6 Å². The Bertz CT molecular complexity index is 651. The van der Waals surface area contributed by atoms with E-state index in [1.807, 2.05) is 18.2 Å². The van der Waals surface area contributed by atoms with Crippen molar-refractivity contribution >= 4 is 34.9 Å². The molecular formula is C16H18ClN3O2. The van der Waals surface area contributed by atoms with Gasteiger partial charge >= 0.3 is 6.09 Å². The summed E-state index contributed by atoms with van der Waals surface area (Å²) in [7, 11) is 0. The number of aromatic nitrogens is 1. The normalized spacial score (nSPS) is 10.9. The average molecular weight is 320 g/mol. The fourth-order valence-electron chi connectivity index (χ4n) is 1.68. The van der Waals surface area contributed by atoms with Gasteiger partial charge in [0.2, 0.25) is 0 Å². The first kappa shape index (κ1) is 16.1. The van der Waals surface area contributed by atoms with Gasteiger partial charge in [-0.3, -0.25) is 5.32 Å². The molecule has 0 fully saturated rings. The van der Waals surface area contributed by atoms with E-state index in [9.17, 15) is 4.79 Å². The third kappa shape index (κ3) is 5.26. The SMILES string of the molecule is CC(C)(C)OC(=O)Nc1ccc(Nc2cccc(Cl)c2)cn1. The van der Waals surface area contributed by atoms with Crippen LogP contribution in [0.25, 0.3) is 0 Å². The van der Waals surface area contributed by atoms with Crippen LogP contribution in [0.15, 0.2) is 42.6 Å². The zero-order valence-electron chi connectivity index (χ0n) is 12.7. The van der Waals surface area contributed by atoms with E-state index < -0.39 is 11.7 Å². The highest BCUT2D eigenvalue weighted by Gasteiger charge is 2.16. The maximum Gasteiger partial charge on any atom is 0.413 e. The molecule has 0 spiro atoms. The number of halogens is 1. The van der Waals surface area contributed by atoms with E-state index >= 15 is 0 Å². The number of amides is 1. The van der Waals surface area contributed by atoms with Crippen LogP contribution in [0.2, 0.25) is 5.02 Å². The van der Waals surface area contributed by atoms with E-state index in [0.717, 1.165) is 11.4 Å². The number of nitrogens with one attached hydrogen (secondary N) is 2. The number of hydrogen-bond acceptors (Lipinski definition) is 4. The van der Waals surface area contributed by atoms with E-state index in [4.69, 9.17) is 16.3 Å². The summed E-state index contributed by atoms with van der Waals surface area (Å²) < 4.78 is 5.16. The van der Waals surface area contributed by atoms with Crippen molar-refractivity contribution in [3.8, 4) is 0 Å². The Balaban J connectivity index is 1.97. The van der Waals surface area contributed by atoms with Crippen LogP contribution in [-0.2, 0) is 4.74 Å². The third-order valence-electron chi connectivity index (χ3n) is 2.51. The number of pyridine rings is 1. The minimum Gasteiger partial charge on any atom is -0.444 e. The molecule has 2 N–H and O–H groups in total. The maximum absolute atomic E-state index is 11.6. The highest BCUT2D eigenvalue weighted by Crippen LogP contribution is 2.20. The quantitative estimate of drug-likeness (QED) is 0.850. The highest BCUT2D eigenvalue weighted by molar-refractivity contribution is 6.30. The molecule has 1 aromatic heterocycles. The molecule has 0 atom stereocenters. The zero-order valence-corrected chi connectivity index (χ0v) is 13.4. The topological polar surface area (TPSA) is 63.2 Å². The summed E-state index contributed by atoms with van der Waals surface area (Å²) in [6, 6.07) is 10.9. The molecule has 0 radical (unpaired) electrons. The Morgan fingerprint density at radius 2 is 1.95 bits per heavy atom. The molecule has 0 saturated heterocycles. The molecule has 6 heteroatoms. The molecule has 0 unspecified atom stereocenters. The summed E-state index contributed by atoms with van der Waals surface area (Å²) in [6.07, 6.45) is 1.09. The average Bonchev–Trinajstić information content (AvgIpc) is 2.39. The molecule has 0 saturated carbocycles. The molecule has 0 aliphatic heterocycles. The van der Waals surface area contributed by atoms with Crippen molar-refractivity contribution in [2.75, 3.05) is 10.6 Å². The number of anilines is 3. The van der Waals surface area contributed by atoms with Crippen LogP contribution in [0.3, 0.4) is 0 Å². The van der Waals surface area contributed by atoms with Crippen LogP contribution in [0.4, 0.5) is 22.0 Å². The lowest BCUT2D eigenvalue weighted by Crippen LogP contribution is -2.27. The minimum absolute atomic E-state index is 0.422. The summed E-state index contributed by atoms with van der Waals surface area (Å²) in [5, 5.41) is 6.40. The molecule has 0 aliphatic carbocycles. The third-order valence-corrected chi connectivity index (χ3v) is 2.74. The van der Waals surface area contributed by atoms with Gasteiger partial charge in [0.1, 0.15) is 11.4 Å². The lowest BCUT2D eigenvalue weighted by Gasteiger charge is -2.19. The first-order chi connectivity index (χ1) is 10.3. The molecule has 0 bridgehead atoms. The Kier molecular flexibility index (Phi) is 4.88. The van der Waals surface area contributed by atoms with Crippen LogP contribution in [0, 0.1) is 0 Å². The van der Waals surface area contributed by atoms with Crippen LogP contribution < -0.4 is 10.6 Å². The molecule has 0 aliphatic rings. The second-order valence-corrected chi connectivity index (χ2v) is 6.13. The van der Waals surface area contributed by atoms with Gasteiger partial charge in [-0.25, -0.2) is 9.78 Å². The molecular weight excluding hydrogens is 302 g/mol. The van der Waals surface area contributed by atoms with Crippen molar-refractivity contribution in [3.63, 3.8) is 0 Å². The highest BCUT2D eigenvalue weighted by atomic mass is 35.5. The monoisotopic (exact) mass is 319 g/mol.